The fourth-order valence-electron chi connectivity index (χ4n) is 1.74. The highest BCUT2D eigenvalue weighted by atomic mass is 32.2. The summed E-state index contributed by atoms with van der Waals surface area (Å²) in [4.78, 5) is 6.72. The minimum Gasteiger partial charge on any atom is -0.355 e. The molecule has 0 spiro atoms. The second-order valence-corrected chi connectivity index (χ2v) is 5.50. The van der Waals surface area contributed by atoms with Gasteiger partial charge in [0.05, 0.1) is 0 Å². The van der Waals surface area contributed by atoms with E-state index in [-0.39, 0.29) is 0 Å². The van der Waals surface area contributed by atoms with Crippen LogP contribution >= 0.6 is 11.8 Å². The average molecular weight is 213 g/mol. The molecule has 0 aromatic heterocycles. The summed E-state index contributed by atoms with van der Waals surface area (Å²) < 4.78 is 0.529. The Kier molecular flexibility index (Phi) is 2.91. The zero-order valence-electron chi connectivity index (χ0n) is 9.05. The molecule has 14 heavy (non-hydrogen) atoms. The van der Waals surface area contributed by atoms with E-state index in [9.17, 15) is 0 Å². The van der Waals surface area contributed by atoms with Gasteiger partial charge in [-0.1, -0.05) is 0 Å². The molecule has 0 aromatic rings. The molecule has 80 valence electrons. The molecule has 0 saturated heterocycles. The van der Waals surface area contributed by atoms with Crippen molar-refractivity contribution in [2.75, 3.05) is 32.9 Å². The van der Waals surface area contributed by atoms with Crippen molar-refractivity contribution in [3.05, 3.63) is 0 Å². The Labute approximate surface area is 90.3 Å². The topological polar surface area (TPSA) is 27.6 Å². The Morgan fingerprint density at radius 1 is 1.57 bits per heavy atom. The molecular formula is C10H19N3S. The predicted molar refractivity (Wildman–Crippen MR) is 63.0 cm³/mol. The molecule has 4 heteroatoms. The largest absolute Gasteiger partial charge is 0.355 e. The Hall–Kier alpha value is -0.380. The van der Waals surface area contributed by atoms with Gasteiger partial charge in [0.2, 0.25) is 0 Å². The van der Waals surface area contributed by atoms with Crippen LogP contribution in [-0.4, -0.2) is 48.5 Å². The molecule has 2 aliphatic rings. The Morgan fingerprint density at radius 3 is 2.93 bits per heavy atom. The van der Waals surface area contributed by atoms with E-state index in [1.165, 1.54) is 19.3 Å². The van der Waals surface area contributed by atoms with Gasteiger partial charge in [0.1, 0.15) is 0 Å². The first kappa shape index (κ1) is 10.1. The summed E-state index contributed by atoms with van der Waals surface area (Å²) in [6.45, 7) is 3.20. The molecule has 0 unspecified atom stereocenters. The fraction of sp³-hybridized carbons (Fsp3) is 0.900. The van der Waals surface area contributed by atoms with Crippen molar-refractivity contribution in [2.45, 2.75) is 24.0 Å². The van der Waals surface area contributed by atoms with Crippen LogP contribution in [0.4, 0.5) is 0 Å². The zero-order valence-corrected chi connectivity index (χ0v) is 9.86. The Bertz CT molecular complexity index is 236. The third-order valence-corrected chi connectivity index (χ3v) is 4.50. The van der Waals surface area contributed by atoms with Crippen LogP contribution in [-0.2, 0) is 0 Å². The summed E-state index contributed by atoms with van der Waals surface area (Å²) in [5.41, 5.74) is 0. The molecular weight excluding hydrogens is 194 g/mol. The Balaban J connectivity index is 1.82. The monoisotopic (exact) mass is 213 g/mol. The quantitative estimate of drug-likeness (QED) is 0.762. The summed E-state index contributed by atoms with van der Waals surface area (Å²) in [6, 6.07) is 0. The first-order valence-corrected chi connectivity index (χ1v) is 6.53. The van der Waals surface area contributed by atoms with Gasteiger partial charge in [-0.25, -0.2) is 0 Å². The molecule has 1 aliphatic carbocycles. The van der Waals surface area contributed by atoms with E-state index in [1.807, 2.05) is 11.8 Å². The van der Waals surface area contributed by atoms with E-state index < -0.39 is 0 Å². The van der Waals surface area contributed by atoms with Crippen LogP contribution < -0.4 is 5.32 Å². The minimum absolute atomic E-state index is 0.529. The number of rotatable bonds is 3. The molecule has 0 amide bonds. The van der Waals surface area contributed by atoms with Crippen molar-refractivity contribution < 1.29 is 0 Å². The average Bonchev–Trinajstić information content (AvgIpc) is 2.98. The summed E-state index contributed by atoms with van der Waals surface area (Å²) in [6.07, 6.45) is 6.12. The number of aliphatic imine (C=N–C) groups is 1. The van der Waals surface area contributed by atoms with Crippen LogP contribution in [0.1, 0.15) is 19.3 Å². The van der Waals surface area contributed by atoms with Gasteiger partial charge >= 0.3 is 0 Å². The summed E-state index contributed by atoms with van der Waals surface area (Å²) in [5, 5.41) is 3.48. The first-order valence-electron chi connectivity index (χ1n) is 5.30. The van der Waals surface area contributed by atoms with Gasteiger partial charge < -0.3 is 10.2 Å². The second kappa shape index (κ2) is 4.01. The number of nitrogens with zero attached hydrogens (tertiary/aromatic N) is 2. The number of thioether (sulfide) groups is 1. The summed E-state index contributed by atoms with van der Waals surface area (Å²) in [5.74, 6) is 1.09. The van der Waals surface area contributed by atoms with E-state index in [4.69, 9.17) is 0 Å². The number of guanidine groups is 1. The van der Waals surface area contributed by atoms with Gasteiger partial charge in [0, 0.05) is 31.4 Å². The van der Waals surface area contributed by atoms with Crippen molar-refractivity contribution in [1.29, 1.82) is 0 Å². The lowest BCUT2D eigenvalue weighted by Gasteiger charge is -2.27. The highest BCUT2D eigenvalue weighted by Gasteiger charge is 2.41. The molecule has 1 fully saturated rings. The van der Waals surface area contributed by atoms with Gasteiger partial charge in [-0.15, -0.1) is 0 Å². The van der Waals surface area contributed by atoms with E-state index in [1.54, 1.807) is 0 Å². The molecule has 0 radical (unpaired) electrons. The lowest BCUT2D eigenvalue weighted by molar-refractivity contribution is 0.446. The normalized spacial score (nSPS) is 24.4. The van der Waals surface area contributed by atoms with Crippen LogP contribution in [0.25, 0.3) is 0 Å². The number of hydrogen-bond acceptors (Lipinski definition) is 4. The lowest BCUT2D eigenvalue weighted by Crippen LogP contribution is -2.44. The first-order chi connectivity index (χ1) is 6.76. The van der Waals surface area contributed by atoms with Crippen molar-refractivity contribution in [1.82, 2.24) is 10.2 Å². The SMILES string of the molecule is CSC1(CNC2=NCCCN2C)CC1. The van der Waals surface area contributed by atoms with Gasteiger partial charge in [0.25, 0.3) is 0 Å². The molecule has 0 aromatic carbocycles. The molecule has 1 saturated carbocycles. The van der Waals surface area contributed by atoms with Crippen LogP contribution in [0.3, 0.4) is 0 Å². The Morgan fingerprint density at radius 2 is 2.36 bits per heavy atom. The van der Waals surface area contributed by atoms with Crippen molar-refractivity contribution in [3.63, 3.8) is 0 Å². The molecule has 2 rings (SSSR count). The smallest absolute Gasteiger partial charge is 0.193 e. The van der Waals surface area contributed by atoms with Crippen LogP contribution in [0.5, 0.6) is 0 Å². The third kappa shape index (κ3) is 2.16. The van der Waals surface area contributed by atoms with E-state index >= 15 is 0 Å². The lowest BCUT2D eigenvalue weighted by atomic mass is 10.3. The number of nitrogens with one attached hydrogen (secondary N) is 1. The standard InChI is InChI=1S/C10H19N3S/c1-13-7-3-6-11-9(13)12-8-10(14-2)4-5-10/h3-8H2,1-2H3,(H,11,12). The van der Waals surface area contributed by atoms with Gasteiger partial charge in [-0.2, -0.15) is 11.8 Å². The van der Waals surface area contributed by atoms with Gasteiger partial charge in [-0.05, 0) is 25.5 Å². The zero-order chi connectivity index (χ0) is 10.0. The maximum absolute atomic E-state index is 4.50. The number of hydrogen-bond donors (Lipinski definition) is 1. The molecule has 0 atom stereocenters. The van der Waals surface area contributed by atoms with Crippen LogP contribution in [0.15, 0.2) is 4.99 Å². The summed E-state index contributed by atoms with van der Waals surface area (Å²) >= 11 is 1.99. The predicted octanol–water partition coefficient (Wildman–Crippen LogP) is 1.16. The van der Waals surface area contributed by atoms with Crippen LogP contribution in [0, 0.1) is 0 Å². The molecule has 1 heterocycles. The fourth-order valence-corrected chi connectivity index (χ4v) is 2.47. The van der Waals surface area contributed by atoms with E-state index in [0.717, 1.165) is 25.6 Å². The van der Waals surface area contributed by atoms with E-state index in [2.05, 4.69) is 28.5 Å². The maximum Gasteiger partial charge on any atom is 0.193 e. The van der Waals surface area contributed by atoms with Crippen molar-refractivity contribution >= 4 is 17.7 Å². The third-order valence-electron chi connectivity index (χ3n) is 3.08. The molecule has 1 aliphatic heterocycles. The van der Waals surface area contributed by atoms with Crippen LogP contribution in [0.2, 0.25) is 0 Å². The van der Waals surface area contributed by atoms with E-state index in [0.29, 0.717) is 4.75 Å². The minimum atomic E-state index is 0.529. The molecule has 3 nitrogen and oxygen atoms in total. The second-order valence-electron chi connectivity index (χ2n) is 4.22. The molecule has 0 bridgehead atoms. The molecule has 1 N–H and O–H groups in total. The highest BCUT2D eigenvalue weighted by molar-refractivity contribution is 8.00. The maximum atomic E-state index is 4.50. The summed E-state index contributed by atoms with van der Waals surface area (Å²) in [7, 11) is 2.11. The van der Waals surface area contributed by atoms with Crippen molar-refractivity contribution in [3.8, 4) is 0 Å². The highest BCUT2D eigenvalue weighted by Crippen LogP contribution is 2.46. The van der Waals surface area contributed by atoms with Crippen molar-refractivity contribution in [2.24, 2.45) is 4.99 Å². The van der Waals surface area contributed by atoms with Gasteiger partial charge in [0.15, 0.2) is 5.96 Å². The van der Waals surface area contributed by atoms with Gasteiger partial charge in [-0.3, -0.25) is 4.99 Å².